The Hall–Kier alpha value is -2.76. The maximum absolute atomic E-state index is 4.46. The molecule has 3 aromatic heterocycles. The second-order valence-corrected chi connectivity index (χ2v) is 4.98. The summed E-state index contributed by atoms with van der Waals surface area (Å²) in [6, 6.07) is 12.2. The van der Waals surface area contributed by atoms with Gasteiger partial charge in [-0.1, -0.05) is 12.1 Å². The number of hydrogen-bond acceptors (Lipinski definition) is 1. The van der Waals surface area contributed by atoms with Gasteiger partial charge >= 0.3 is 15.1 Å². The van der Waals surface area contributed by atoms with Gasteiger partial charge in [0.05, 0.1) is 11.0 Å². The van der Waals surface area contributed by atoms with Gasteiger partial charge in [-0.2, -0.15) is 0 Å². The fourth-order valence-corrected chi connectivity index (χ4v) is 2.75. The molecule has 0 saturated carbocycles. The summed E-state index contributed by atoms with van der Waals surface area (Å²) in [5.74, 6) is 1.04. The third-order valence-electron chi connectivity index (χ3n) is 3.77. The van der Waals surface area contributed by atoms with Crippen LogP contribution in [0.3, 0.4) is 0 Å². The second kappa shape index (κ2) is 3.88. The number of fused-ring (bicyclic) bond motifs is 3. The van der Waals surface area contributed by atoms with E-state index in [2.05, 4.69) is 26.3 Å². The largest absolute Gasteiger partial charge is 0.395 e. The molecule has 1 aromatic carbocycles. The predicted octanol–water partition coefficient (Wildman–Crippen LogP) is -0.622. The van der Waals surface area contributed by atoms with Crippen LogP contribution in [0.25, 0.3) is 16.9 Å². The normalized spacial score (nSPS) is 13.3. The Morgan fingerprint density at radius 1 is 0.952 bits per heavy atom. The van der Waals surface area contributed by atoms with Crippen LogP contribution in [-0.2, 0) is 0 Å². The Bertz CT molecular complexity index is 966. The van der Waals surface area contributed by atoms with Crippen molar-refractivity contribution in [3.63, 3.8) is 0 Å². The molecule has 4 heterocycles. The zero-order valence-corrected chi connectivity index (χ0v) is 11.1. The van der Waals surface area contributed by atoms with Gasteiger partial charge in [0.1, 0.15) is 24.5 Å². The second-order valence-electron chi connectivity index (χ2n) is 4.98. The number of nitrogens with zero attached hydrogens (tertiary/aromatic N) is 6. The fraction of sp³-hybridized carbons (Fsp3) is 0. The van der Waals surface area contributed by atoms with Crippen LogP contribution in [0.5, 0.6) is 0 Å². The van der Waals surface area contributed by atoms with E-state index in [0.717, 1.165) is 16.9 Å². The minimum absolute atomic E-state index is 0.994. The molecule has 6 nitrogen and oxygen atoms in total. The lowest BCUT2D eigenvalue weighted by Crippen LogP contribution is -2.70. The first-order chi connectivity index (χ1) is 10.4. The van der Waals surface area contributed by atoms with E-state index >= 15 is 0 Å². The number of imidazole rings is 1. The van der Waals surface area contributed by atoms with Gasteiger partial charge in [0.25, 0.3) is 0 Å². The lowest BCUT2D eigenvalue weighted by molar-refractivity contribution is -0.689. The SMILES string of the molecule is [B-]1n2c(-n3cnc4ccccc43)cc[n+]2[B-]n2ccc[n+]21. The van der Waals surface area contributed by atoms with E-state index in [1.165, 1.54) is 0 Å². The molecule has 0 amide bonds. The Balaban J connectivity index is 1.71. The summed E-state index contributed by atoms with van der Waals surface area (Å²) >= 11 is 0. The number of rotatable bonds is 1. The third kappa shape index (κ3) is 1.47. The summed E-state index contributed by atoms with van der Waals surface area (Å²) in [6.45, 7) is 0. The lowest BCUT2D eigenvalue weighted by atomic mass is 10.1. The van der Waals surface area contributed by atoms with E-state index in [1.807, 2.05) is 78.1 Å². The van der Waals surface area contributed by atoms with Crippen LogP contribution in [0.15, 0.2) is 61.3 Å². The molecule has 0 bridgehead atoms. The molecule has 0 aliphatic carbocycles. The summed E-state index contributed by atoms with van der Waals surface area (Å²) < 4.78 is 10.2. The zero-order valence-electron chi connectivity index (χ0n) is 11.1. The summed E-state index contributed by atoms with van der Waals surface area (Å²) in [4.78, 5) is 4.46. The zero-order chi connectivity index (χ0) is 13.8. The molecule has 21 heavy (non-hydrogen) atoms. The molecule has 0 N–H and O–H groups in total. The fourth-order valence-electron chi connectivity index (χ4n) is 2.75. The van der Waals surface area contributed by atoms with Gasteiger partial charge in [0.2, 0.25) is 0 Å². The Morgan fingerprint density at radius 3 is 2.90 bits per heavy atom. The molecule has 0 atom stereocenters. The smallest absolute Gasteiger partial charge is 0.313 e. The van der Waals surface area contributed by atoms with Crippen molar-refractivity contribution in [1.29, 1.82) is 0 Å². The monoisotopic (exact) mass is 272 g/mol. The molecule has 4 radical (unpaired) electrons. The molecule has 0 spiro atoms. The predicted molar refractivity (Wildman–Crippen MR) is 77.0 cm³/mol. The maximum atomic E-state index is 4.46. The summed E-state index contributed by atoms with van der Waals surface area (Å²) in [5.41, 5.74) is 2.09. The highest BCUT2D eigenvalue weighted by Gasteiger charge is 2.16. The van der Waals surface area contributed by atoms with Gasteiger partial charge in [-0.3, -0.25) is 4.57 Å². The quantitative estimate of drug-likeness (QED) is 0.374. The topological polar surface area (TPSA) is 35.4 Å². The van der Waals surface area contributed by atoms with E-state index in [9.17, 15) is 0 Å². The summed E-state index contributed by atoms with van der Waals surface area (Å²) in [5, 5.41) is 0. The Labute approximate surface area is 122 Å². The summed E-state index contributed by atoms with van der Waals surface area (Å²) in [6.07, 6.45) is 7.91. The van der Waals surface area contributed by atoms with Crippen molar-refractivity contribution in [3.05, 3.63) is 61.3 Å². The molecule has 1 aliphatic rings. The minimum atomic E-state index is 0.994. The molecular formula is C13H10B2N6. The molecule has 1 aliphatic heterocycles. The van der Waals surface area contributed by atoms with E-state index in [4.69, 9.17) is 0 Å². The van der Waals surface area contributed by atoms with Crippen LogP contribution in [0.1, 0.15) is 0 Å². The highest BCUT2D eigenvalue weighted by Crippen LogP contribution is 2.16. The highest BCUT2D eigenvalue weighted by atomic mass is 15.5. The number of aromatic nitrogens is 6. The molecule has 98 valence electrons. The van der Waals surface area contributed by atoms with Crippen molar-refractivity contribution >= 4 is 26.1 Å². The molecule has 5 rings (SSSR count). The van der Waals surface area contributed by atoms with Gasteiger partial charge in [0.15, 0.2) is 0 Å². The van der Waals surface area contributed by atoms with Crippen LogP contribution in [0, 0.1) is 0 Å². The van der Waals surface area contributed by atoms with Crippen LogP contribution in [0.4, 0.5) is 0 Å². The first-order valence-electron chi connectivity index (χ1n) is 6.73. The van der Waals surface area contributed by atoms with E-state index in [1.54, 1.807) is 0 Å². The minimum Gasteiger partial charge on any atom is -0.395 e. The van der Waals surface area contributed by atoms with E-state index in [-0.39, 0.29) is 0 Å². The van der Waals surface area contributed by atoms with E-state index < -0.39 is 0 Å². The third-order valence-corrected chi connectivity index (χ3v) is 3.77. The van der Waals surface area contributed by atoms with E-state index in [0.29, 0.717) is 0 Å². The molecular weight excluding hydrogens is 262 g/mol. The Morgan fingerprint density at radius 2 is 1.90 bits per heavy atom. The van der Waals surface area contributed by atoms with Crippen LogP contribution >= 0.6 is 0 Å². The van der Waals surface area contributed by atoms with Crippen molar-refractivity contribution in [2.75, 3.05) is 0 Å². The van der Waals surface area contributed by atoms with Crippen molar-refractivity contribution in [2.45, 2.75) is 0 Å². The highest BCUT2D eigenvalue weighted by molar-refractivity contribution is 6.28. The molecule has 4 aromatic rings. The summed E-state index contributed by atoms with van der Waals surface area (Å²) in [7, 11) is 4.05. The van der Waals surface area contributed by atoms with Gasteiger partial charge < -0.3 is 18.4 Å². The first-order valence-corrected chi connectivity index (χ1v) is 6.73. The maximum Gasteiger partial charge on any atom is 0.313 e. The average Bonchev–Trinajstić information content (AvgIpc) is 3.21. The number of hydrogen-bond donors (Lipinski definition) is 0. The molecule has 0 saturated heterocycles. The van der Waals surface area contributed by atoms with Gasteiger partial charge in [-0.05, 0) is 12.1 Å². The molecule has 0 unspecified atom stereocenters. The van der Waals surface area contributed by atoms with Gasteiger partial charge in [-0.25, -0.2) is 4.98 Å². The number of benzene rings is 1. The average molecular weight is 272 g/mol. The Kier molecular flexibility index (Phi) is 2.02. The van der Waals surface area contributed by atoms with Crippen molar-refractivity contribution in [3.8, 4) is 5.82 Å². The van der Waals surface area contributed by atoms with Crippen molar-refractivity contribution < 1.29 is 9.19 Å². The first kappa shape index (κ1) is 11.0. The van der Waals surface area contributed by atoms with Crippen molar-refractivity contribution in [1.82, 2.24) is 18.7 Å². The van der Waals surface area contributed by atoms with Crippen LogP contribution in [0.2, 0.25) is 0 Å². The van der Waals surface area contributed by atoms with Crippen LogP contribution in [-0.4, -0.2) is 33.8 Å². The van der Waals surface area contributed by atoms with Gasteiger partial charge in [0, 0.05) is 18.3 Å². The molecule has 0 fully saturated rings. The van der Waals surface area contributed by atoms with Crippen molar-refractivity contribution in [2.24, 2.45) is 0 Å². The lowest BCUT2D eigenvalue weighted by Gasteiger charge is -2.28. The standard InChI is InChI=1S/C13H10B2N6/c1-2-5-12-11(4-1)16-10-17(12)13-6-9-20-14-18-7-3-8-19(18)15-21(13)20/h1-10H. The van der Waals surface area contributed by atoms with Gasteiger partial charge in [-0.15, -0.1) is 0 Å². The van der Waals surface area contributed by atoms with Crippen LogP contribution < -0.4 is 9.19 Å². The molecule has 8 heteroatoms. The number of para-hydroxylation sites is 2.